The van der Waals surface area contributed by atoms with Gasteiger partial charge in [-0.3, -0.25) is 0 Å². The van der Waals surface area contributed by atoms with E-state index in [2.05, 4.69) is 0 Å². The number of aliphatic hydroxyl groups excluding tert-OH is 4. The van der Waals surface area contributed by atoms with Crippen LogP contribution in [0.25, 0.3) is 0 Å². The molecule has 6 nitrogen and oxygen atoms in total. The maximum absolute atomic E-state index is 10.0. The molecule has 4 atom stereocenters. The van der Waals surface area contributed by atoms with Crippen molar-refractivity contribution in [3.8, 4) is 0 Å². The molecule has 0 spiro atoms. The average molecular weight is 219 g/mol. The normalized spacial score (nSPS) is 19.5. The fraction of sp³-hybridized carbons (Fsp3) is 0.833. The predicted molar refractivity (Wildman–Crippen MR) is 46.3 cm³/mol. The molecule has 0 unspecified atom stereocenters. The van der Waals surface area contributed by atoms with Crippen LogP contribution in [0.3, 0.4) is 0 Å². The fourth-order valence-electron chi connectivity index (χ4n) is 0.644. The average Bonchev–Trinajstić information content (AvgIpc) is 2.12. The van der Waals surface area contributed by atoms with Crippen molar-refractivity contribution in [3.63, 3.8) is 0 Å². The summed E-state index contributed by atoms with van der Waals surface area (Å²) in [6.45, 7) is -0.705. The van der Waals surface area contributed by atoms with Crippen LogP contribution in [-0.2, 0) is 4.79 Å². The quantitative estimate of drug-likeness (QED) is 0.237. The number of hydrogen-bond acceptors (Lipinski definition) is 6. The molecule has 0 amide bonds. The Bertz CT molecular complexity index is 147. The summed E-state index contributed by atoms with van der Waals surface area (Å²) in [7, 11) is 0. The molecule has 0 saturated heterocycles. The van der Waals surface area contributed by atoms with E-state index in [1.807, 2.05) is 0 Å². The number of aliphatic hydroxyl groups is 4. The second-order valence-electron chi connectivity index (χ2n) is 2.44. The summed E-state index contributed by atoms with van der Waals surface area (Å²) in [5.74, 6) is 0. The summed E-state index contributed by atoms with van der Waals surface area (Å²) in [6.07, 6.45) is -4.43. The van der Waals surface area contributed by atoms with Crippen LogP contribution in [0.5, 0.6) is 0 Å². The van der Waals surface area contributed by atoms with Gasteiger partial charge in [0.1, 0.15) is 24.6 Å². The summed E-state index contributed by atoms with van der Waals surface area (Å²) < 4.78 is 0. The number of carbonyl (C=O) groups is 1. The Morgan fingerprint density at radius 2 is 1.69 bits per heavy atom. The van der Waals surface area contributed by atoms with Crippen molar-refractivity contribution in [2.24, 2.45) is 5.73 Å². The Kier molecular flexibility index (Phi) is 10.7. The van der Waals surface area contributed by atoms with E-state index in [-0.39, 0.29) is 57.7 Å². The molecular formula is C6H14KNO5. The Balaban J connectivity index is 0. The van der Waals surface area contributed by atoms with Crippen LogP contribution < -0.4 is 5.73 Å². The molecule has 0 radical (unpaired) electrons. The SMILES string of the molecule is N[C@@H](C=O)[C@@H](O)[C@H](O)[C@H](O)CO.[KH]. The van der Waals surface area contributed by atoms with Gasteiger partial charge in [-0.15, -0.1) is 0 Å². The van der Waals surface area contributed by atoms with Crippen molar-refractivity contribution in [2.75, 3.05) is 6.61 Å². The van der Waals surface area contributed by atoms with Crippen LogP contribution in [0.4, 0.5) is 0 Å². The molecule has 0 aliphatic carbocycles. The van der Waals surface area contributed by atoms with Gasteiger partial charge in [-0.05, 0) is 0 Å². The van der Waals surface area contributed by atoms with Gasteiger partial charge in [-0.2, -0.15) is 0 Å². The van der Waals surface area contributed by atoms with Crippen molar-refractivity contribution >= 4 is 57.7 Å². The number of aldehydes is 1. The molecule has 0 aliphatic heterocycles. The zero-order chi connectivity index (χ0) is 9.72. The number of carbonyl (C=O) groups excluding carboxylic acids is 1. The first-order valence-electron chi connectivity index (χ1n) is 3.40. The van der Waals surface area contributed by atoms with Gasteiger partial charge in [0, 0.05) is 0 Å². The number of hydrogen-bond donors (Lipinski definition) is 5. The van der Waals surface area contributed by atoms with E-state index in [1.54, 1.807) is 0 Å². The van der Waals surface area contributed by atoms with Crippen LogP contribution in [-0.4, -0.2) is 109 Å². The molecule has 74 valence electrons. The van der Waals surface area contributed by atoms with E-state index >= 15 is 0 Å². The zero-order valence-electron chi connectivity index (χ0n) is 6.37. The Hall–Kier alpha value is 1.11. The Labute approximate surface area is 118 Å². The topological polar surface area (TPSA) is 124 Å². The van der Waals surface area contributed by atoms with E-state index in [4.69, 9.17) is 26.2 Å². The van der Waals surface area contributed by atoms with Crippen molar-refractivity contribution in [2.45, 2.75) is 24.4 Å². The summed E-state index contributed by atoms with van der Waals surface area (Å²) in [4.78, 5) is 10.0. The fourth-order valence-corrected chi connectivity index (χ4v) is 0.644. The van der Waals surface area contributed by atoms with Crippen LogP contribution in [0.15, 0.2) is 0 Å². The molecule has 0 aromatic carbocycles. The van der Waals surface area contributed by atoms with Gasteiger partial charge in [-0.1, -0.05) is 0 Å². The zero-order valence-corrected chi connectivity index (χ0v) is 6.37. The first-order chi connectivity index (χ1) is 5.54. The first kappa shape index (κ1) is 16.5. The molecule has 6 N–H and O–H groups in total. The van der Waals surface area contributed by atoms with Gasteiger partial charge in [0.15, 0.2) is 0 Å². The second-order valence-corrected chi connectivity index (χ2v) is 2.44. The standard InChI is InChI=1S/C6H13NO5.K.H/c7-3(1-8)5(11)6(12)4(10)2-9;;/h1,3-6,9-12H,2,7H2;;/t3-,4+,5+,6+;;/m0../s1. The van der Waals surface area contributed by atoms with Gasteiger partial charge in [0.2, 0.25) is 0 Å². The van der Waals surface area contributed by atoms with E-state index in [1.165, 1.54) is 0 Å². The Morgan fingerprint density at radius 1 is 1.23 bits per heavy atom. The molecule has 13 heavy (non-hydrogen) atoms. The molecule has 0 bridgehead atoms. The third-order valence-corrected chi connectivity index (χ3v) is 1.48. The van der Waals surface area contributed by atoms with Gasteiger partial charge >= 0.3 is 51.4 Å². The minimum absolute atomic E-state index is 0. The monoisotopic (exact) mass is 219 g/mol. The molecule has 0 aromatic heterocycles. The molecule has 0 aromatic rings. The van der Waals surface area contributed by atoms with Crippen LogP contribution in [0.1, 0.15) is 0 Å². The molecular weight excluding hydrogens is 205 g/mol. The first-order valence-corrected chi connectivity index (χ1v) is 3.40. The molecule has 0 fully saturated rings. The number of rotatable bonds is 5. The van der Waals surface area contributed by atoms with Gasteiger partial charge < -0.3 is 31.0 Å². The second kappa shape index (κ2) is 8.42. The summed E-state index contributed by atoms with van der Waals surface area (Å²) in [6, 6.07) is -1.26. The molecule has 0 heterocycles. The summed E-state index contributed by atoms with van der Waals surface area (Å²) in [5, 5.41) is 35.2. The van der Waals surface area contributed by atoms with Crippen LogP contribution >= 0.6 is 0 Å². The van der Waals surface area contributed by atoms with Gasteiger partial charge in [0.25, 0.3) is 0 Å². The molecule has 7 heteroatoms. The van der Waals surface area contributed by atoms with E-state index in [9.17, 15) is 4.79 Å². The maximum atomic E-state index is 10.0. The van der Waals surface area contributed by atoms with Gasteiger partial charge in [-0.25, -0.2) is 0 Å². The van der Waals surface area contributed by atoms with E-state index < -0.39 is 31.0 Å². The molecule has 0 saturated carbocycles. The molecule has 0 aliphatic rings. The van der Waals surface area contributed by atoms with Crippen molar-refractivity contribution in [1.82, 2.24) is 0 Å². The van der Waals surface area contributed by atoms with Crippen molar-refractivity contribution in [1.29, 1.82) is 0 Å². The van der Waals surface area contributed by atoms with E-state index in [0.29, 0.717) is 0 Å². The third-order valence-electron chi connectivity index (χ3n) is 1.48. The minimum atomic E-state index is -1.62. The summed E-state index contributed by atoms with van der Waals surface area (Å²) in [5.41, 5.74) is 5.04. The number of nitrogens with two attached hydrogens (primary N) is 1. The van der Waals surface area contributed by atoms with E-state index in [0.717, 1.165) is 0 Å². The third kappa shape index (κ3) is 5.52. The summed E-state index contributed by atoms with van der Waals surface area (Å²) >= 11 is 0. The molecule has 0 rings (SSSR count). The predicted octanol–water partition coefficient (Wildman–Crippen LogP) is -4.06. The van der Waals surface area contributed by atoms with Crippen LogP contribution in [0, 0.1) is 0 Å². The van der Waals surface area contributed by atoms with Crippen molar-refractivity contribution < 1.29 is 25.2 Å². The van der Waals surface area contributed by atoms with Crippen molar-refractivity contribution in [3.05, 3.63) is 0 Å². The van der Waals surface area contributed by atoms with Crippen LogP contribution in [0.2, 0.25) is 0 Å². The van der Waals surface area contributed by atoms with Gasteiger partial charge in [0.05, 0.1) is 12.6 Å². The Morgan fingerprint density at radius 3 is 2.00 bits per heavy atom.